The third kappa shape index (κ3) is 4.37. The Morgan fingerprint density at radius 3 is 2.50 bits per heavy atom. The second kappa shape index (κ2) is 6.80. The van der Waals surface area contributed by atoms with Crippen molar-refractivity contribution in [2.75, 3.05) is 5.32 Å². The van der Waals surface area contributed by atoms with E-state index in [0.29, 0.717) is 18.7 Å². The molecule has 22 heavy (non-hydrogen) atoms. The van der Waals surface area contributed by atoms with Gasteiger partial charge in [0, 0.05) is 24.2 Å². The Bertz CT molecular complexity index is 676. The SMILES string of the molecule is Cc1cc(C)nc(NC(=O)CCc2ccc([N+](=O)[O-])cc2)c1. The molecule has 0 spiro atoms. The van der Waals surface area contributed by atoms with Crippen molar-refractivity contribution in [2.45, 2.75) is 26.7 Å². The van der Waals surface area contributed by atoms with E-state index in [1.54, 1.807) is 12.1 Å². The van der Waals surface area contributed by atoms with E-state index in [1.165, 1.54) is 12.1 Å². The van der Waals surface area contributed by atoms with E-state index in [-0.39, 0.29) is 11.6 Å². The molecule has 1 amide bonds. The topological polar surface area (TPSA) is 85.1 Å². The van der Waals surface area contributed by atoms with Crippen molar-refractivity contribution < 1.29 is 9.72 Å². The third-order valence-corrected chi connectivity index (χ3v) is 3.15. The van der Waals surface area contributed by atoms with E-state index >= 15 is 0 Å². The van der Waals surface area contributed by atoms with E-state index in [2.05, 4.69) is 10.3 Å². The van der Waals surface area contributed by atoms with Crippen LogP contribution in [0.2, 0.25) is 0 Å². The first-order valence-corrected chi connectivity index (χ1v) is 6.92. The van der Waals surface area contributed by atoms with Crippen LogP contribution in [0.4, 0.5) is 11.5 Å². The number of non-ortho nitro benzene ring substituents is 1. The summed E-state index contributed by atoms with van der Waals surface area (Å²) in [6.07, 6.45) is 0.821. The first kappa shape index (κ1) is 15.6. The molecule has 1 N–H and O–H groups in total. The molecule has 114 valence electrons. The van der Waals surface area contributed by atoms with Gasteiger partial charge in [-0.2, -0.15) is 0 Å². The molecule has 0 saturated heterocycles. The number of rotatable bonds is 5. The predicted octanol–water partition coefficient (Wildman–Crippen LogP) is 3.18. The van der Waals surface area contributed by atoms with Crippen LogP contribution in [0.5, 0.6) is 0 Å². The molecule has 1 aromatic carbocycles. The normalized spacial score (nSPS) is 10.3. The lowest BCUT2D eigenvalue weighted by atomic mass is 10.1. The molecule has 0 aliphatic rings. The maximum Gasteiger partial charge on any atom is 0.269 e. The molecular weight excluding hydrogens is 282 g/mol. The molecule has 6 nitrogen and oxygen atoms in total. The Morgan fingerprint density at radius 2 is 1.91 bits per heavy atom. The minimum absolute atomic E-state index is 0.0487. The number of pyridine rings is 1. The number of nitro benzene ring substituents is 1. The van der Waals surface area contributed by atoms with Crippen LogP contribution in [0, 0.1) is 24.0 Å². The van der Waals surface area contributed by atoms with Gasteiger partial charge in [-0.3, -0.25) is 14.9 Å². The zero-order valence-corrected chi connectivity index (χ0v) is 12.5. The zero-order valence-electron chi connectivity index (χ0n) is 12.5. The van der Waals surface area contributed by atoms with E-state index in [0.717, 1.165) is 16.8 Å². The zero-order chi connectivity index (χ0) is 16.1. The molecule has 6 heteroatoms. The average molecular weight is 299 g/mol. The molecular formula is C16H17N3O3. The number of nitro groups is 1. The van der Waals surface area contributed by atoms with Crippen molar-refractivity contribution in [3.05, 3.63) is 63.3 Å². The summed E-state index contributed by atoms with van der Waals surface area (Å²) in [5, 5.41) is 13.3. The van der Waals surface area contributed by atoms with Gasteiger partial charge in [-0.05, 0) is 43.5 Å². The molecule has 0 bridgehead atoms. The van der Waals surface area contributed by atoms with Gasteiger partial charge in [0.05, 0.1) is 4.92 Å². The Balaban J connectivity index is 1.91. The highest BCUT2D eigenvalue weighted by atomic mass is 16.6. The van der Waals surface area contributed by atoms with Crippen LogP contribution in [0.1, 0.15) is 23.2 Å². The molecule has 1 aromatic heterocycles. The van der Waals surface area contributed by atoms with Crippen molar-refractivity contribution in [3.63, 3.8) is 0 Å². The van der Waals surface area contributed by atoms with Crippen molar-refractivity contribution in [2.24, 2.45) is 0 Å². The van der Waals surface area contributed by atoms with Gasteiger partial charge in [-0.25, -0.2) is 4.98 Å². The van der Waals surface area contributed by atoms with E-state index in [9.17, 15) is 14.9 Å². The molecule has 0 radical (unpaired) electrons. The molecule has 0 aliphatic heterocycles. The Morgan fingerprint density at radius 1 is 1.23 bits per heavy atom. The van der Waals surface area contributed by atoms with E-state index < -0.39 is 4.92 Å². The third-order valence-electron chi connectivity index (χ3n) is 3.15. The van der Waals surface area contributed by atoms with E-state index in [1.807, 2.05) is 26.0 Å². The lowest BCUT2D eigenvalue weighted by Crippen LogP contribution is -2.13. The van der Waals surface area contributed by atoms with Crippen molar-refractivity contribution in [1.82, 2.24) is 4.98 Å². The highest BCUT2D eigenvalue weighted by molar-refractivity contribution is 5.89. The first-order valence-electron chi connectivity index (χ1n) is 6.92. The second-order valence-electron chi connectivity index (χ2n) is 5.14. The van der Waals surface area contributed by atoms with E-state index in [4.69, 9.17) is 0 Å². The summed E-state index contributed by atoms with van der Waals surface area (Å²) in [5.41, 5.74) is 2.82. The maximum absolute atomic E-state index is 11.9. The number of hydrogen-bond donors (Lipinski definition) is 1. The largest absolute Gasteiger partial charge is 0.311 e. The minimum atomic E-state index is -0.442. The van der Waals surface area contributed by atoms with Gasteiger partial charge in [0.2, 0.25) is 5.91 Å². The molecule has 0 atom stereocenters. The first-order chi connectivity index (χ1) is 10.4. The number of benzene rings is 1. The molecule has 1 heterocycles. The Kier molecular flexibility index (Phi) is 4.83. The summed E-state index contributed by atoms with van der Waals surface area (Å²) in [4.78, 5) is 26.3. The summed E-state index contributed by atoms with van der Waals surface area (Å²) in [7, 11) is 0. The van der Waals surface area contributed by atoms with Gasteiger partial charge >= 0.3 is 0 Å². The second-order valence-corrected chi connectivity index (χ2v) is 5.14. The van der Waals surface area contributed by atoms with Crippen molar-refractivity contribution in [1.29, 1.82) is 0 Å². The molecule has 2 aromatic rings. The molecule has 0 saturated carbocycles. The van der Waals surface area contributed by atoms with Gasteiger partial charge < -0.3 is 5.32 Å². The Hall–Kier alpha value is -2.76. The number of aromatic nitrogens is 1. The summed E-state index contributed by atoms with van der Waals surface area (Å²) in [5.74, 6) is 0.419. The van der Waals surface area contributed by atoms with Gasteiger partial charge in [0.25, 0.3) is 5.69 Å². The van der Waals surface area contributed by atoms with Crippen molar-refractivity contribution >= 4 is 17.4 Å². The summed E-state index contributed by atoms with van der Waals surface area (Å²) < 4.78 is 0. The summed E-state index contributed by atoms with van der Waals surface area (Å²) in [6, 6.07) is 9.97. The number of carbonyl (C=O) groups is 1. The standard InChI is InChI=1S/C16H17N3O3/c1-11-9-12(2)17-15(10-11)18-16(20)8-5-13-3-6-14(7-4-13)19(21)22/h3-4,6-7,9-10H,5,8H2,1-2H3,(H,17,18,20). The molecule has 0 aliphatic carbocycles. The molecule has 0 unspecified atom stereocenters. The number of aryl methyl sites for hydroxylation is 3. The predicted molar refractivity (Wildman–Crippen MR) is 83.8 cm³/mol. The lowest BCUT2D eigenvalue weighted by molar-refractivity contribution is -0.384. The average Bonchev–Trinajstić information content (AvgIpc) is 2.44. The minimum Gasteiger partial charge on any atom is -0.311 e. The number of hydrogen-bond acceptors (Lipinski definition) is 4. The van der Waals surface area contributed by atoms with Crippen LogP contribution >= 0.6 is 0 Å². The fraction of sp³-hybridized carbons (Fsp3) is 0.250. The summed E-state index contributed by atoms with van der Waals surface area (Å²) in [6.45, 7) is 3.82. The van der Waals surface area contributed by atoms with Gasteiger partial charge in [-0.1, -0.05) is 12.1 Å². The number of amides is 1. The fourth-order valence-corrected chi connectivity index (χ4v) is 2.15. The lowest BCUT2D eigenvalue weighted by Gasteiger charge is -2.06. The molecule has 2 rings (SSSR count). The van der Waals surface area contributed by atoms with Crippen LogP contribution in [-0.2, 0) is 11.2 Å². The van der Waals surface area contributed by atoms with Gasteiger partial charge in [-0.15, -0.1) is 0 Å². The summed E-state index contributed by atoms with van der Waals surface area (Å²) >= 11 is 0. The molecule has 0 fully saturated rings. The monoisotopic (exact) mass is 299 g/mol. The van der Waals surface area contributed by atoms with Crippen LogP contribution in [0.15, 0.2) is 36.4 Å². The number of carbonyl (C=O) groups excluding carboxylic acids is 1. The maximum atomic E-state index is 11.9. The van der Waals surface area contributed by atoms with Crippen LogP contribution < -0.4 is 5.32 Å². The van der Waals surface area contributed by atoms with Crippen LogP contribution in [0.3, 0.4) is 0 Å². The quantitative estimate of drug-likeness (QED) is 0.678. The van der Waals surface area contributed by atoms with Crippen LogP contribution in [-0.4, -0.2) is 15.8 Å². The Labute approximate surface area is 128 Å². The number of nitrogens with one attached hydrogen (secondary N) is 1. The number of anilines is 1. The highest BCUT2D eigenvalue weighted by Gasteiger charge is 2.07. The van der Waals surface area contributed by atoms with Crippen molar-refractivity contribution in [3.8, 4) is 0 Å². The van der Waals surface area contributed by atoms with Gasteiger partial charge in [0.15, 0.2) is 0 Å². The number of nitrogens with zero attached hydrogens (tertiary/aromatic N) is 2. The smallest absolute Gasteiger partial charge is 0.269 e. The highest BCUT2D eigenvalue weighted by Crippen LogP contribution is 2.14. The van der Waals surface area contributed by atoms with Gasteiger partial charge in [0.1, 0.15) is 5.82 Å². The van der Waals surface area contributed by atoms with Crippen LogP contribution in [0.25, 0.3) is 0 Å². The fourth-order valence-electron chi connectivity index (χ4n) is 2.15.